The highest BCUT2D eigenvalue weighted by atomic mass is 16.3. The summed E-state index contributed by atoms with van der Waals surface area (Å²) in [4.78, 5) is 0. The van der Waals surface area contributed by atoms with Crippen LogP contribution in [-0.4, -0.2) is 20.4 Å². The van der Waals surface area contributed by atoms with Crippen LogP contribution in [0, 0.1) is 34.6 Å². The van der Waals surface area contributed by atoms with Crippen molar-refractivity contribution in [1.82, 2.24) is 0 Å². The number of phenols is 4. The molecule has 2 atom stereocenters. The Morgan fingerprint density at radius 1 is 0.407 bits per heavy atom. The van der Waals surface area contributed by atoms with Gasteiger partial charge in [0.05, 0.1) is 0 Å². The maximum atomic E-state index is 12.0. The zero-order chi connectivity index (χ0) is 38.8. The van der Waals surface area contributed by atoms with Crippen LogP contribution in [0.1, 0.15) is 112 Å². The molecule has 6 rings (SSSR count). The summed E-state index contributed by atoms with van der Waals surface area (Å²) < 4.78 is 0. The Labute approximate surface area is 321 Å². The lowest BCUT2D eigenvalue weighted by Crippen LogP contribution is -2.07. The van der Waals surface area contributed by atoms with Crippen molar-refractivity contribution in [3.63, 3.8) is 0 Å². The van der Waals surface area contributed by atoms with Crippen LogP contribution in [0.2, 0.25) is 0 Å². The van der Waals surface area contributed by atoms with E-state index in [1.54, 1.807) is 0 Å². The first kappa shape index (κ1) is 38.3. The molecule has 0 saturated heterocycles. The summed E-state index contributed by atoms with van der Waals surface area (Å²) in [5.74, 6) is 0.385. The van der Waals surface area contributed by atoms with Crippen molar-refractivity contribution in [3.8, 4) is 45.3 Å². The summed E-state index contributed by atoms with van der Waals surface area (Å²) in [6.07, 6.45) is 4.14. The minimum Gasteiger partial charge on any atom is -0.507 e. The van der Waals surface area contributed by atoms with Crippen LogP contribution in [0.15, 0.2) is 97.1 Å². The molecule has 0 fully saturated rings. The second-order valence-corrected chi connectivity index (χ2v) is 15.3. The van der Waals surface area contributed by atoms with Crippen molar-refractivity contribution >= 4 is 0 Å². The van der Waals surface area contributed by atoms with Gasteiger partial charge in [-0.3, -0.25) is 0 Å². The molecule has 0 radical (unpaired) electrons. The van der Waals surface area contributed by atoms with E-state index in [4.69, 9.17) is 0 Å². The van der Waals surface area contributed by atoms with Gasteiger partial charge in [-0.2, -0.15) is 0 Å². The van der Waals surface area contributed by atoms with Crippen LogP contribution in [0.3, 0.4) is 0 Å². The molecule has 0 aliphatic rings. The van der Waals surface area contributed by atoms with Crippen LogP contribution in [0.5, 0.6) is 23.0 Å². The summed E-state index contributed by atoms with van der Waals surface area (Å²) in [5, 5.41) is 45.7. The van der Waals surface area contributed by atoms with E-state index >= 15 is 0 Å². The van der Waals surface area contributed by atoms with Crippen LogP contribution < -0.4 is 0 Å². The molecule has 6 aromatic rings. The van der Waals surface area contributed by atoms with Gasteiger partial charge in [0.15, 0.2) is 0 Å². The SMILES string of the molecule is CCCc1ccc(C(C)c2cc(-c3cc(C)c(O)c(C(c4ccc(CCC)cc4)c4cc(-c5cc(C)c(O)c(C)c5)cc(C)c4O)c3)cc(C)c2O)cc1. The minimum atomic E-state index is -0.504. The fourth-order valence-electron chi connectivity index (χ4n) is 7.95. The lowest BCUT2D eigenvalue weighted by atomic mass is 9.80. The van der Waals surface area contributed by atoms with Crippen molar-refractivity contribution in [2.24, 2.45) is 0 Å². The molecule has 278 valence electrons. The van der Waals surface area contributed by atoms with Crippen molar-refractivity contribution in [3.05, 3.63) is 164 Å². The molecule has 4 N–H and O–H groups in total. The molecule has 0 aliphatic carbocycles. The Balaban J connectivity index is 1.54. The Kier molecular flexibility index (Phi) is 11.2. The maximum Gasteiger partial charge on any atom is 0.122 e. The Hall–Kier alpha value is -5.48. The molecule has 0 saturated carbocycles. The number of hydrogen-bond acceptors (Lipinski definition) is 4. The van der Waals surface area contributed by atoms with Gasteiger partial charge >= 0.3 is 0 Å². The van der Waals surface area contributed by atoms with Gasteiger partial charge in [-0.25, -0.2) is 0 Å². The van der Waals surface area contributed by atoms with Crippen molar-refractivity contribution in [2.75, 3.05) is 0 Å². The molecule has 0 aromatic heterocycles. The largest absolute Gasteiger partial charge is 0.507 e. The van der Waals surface area contributed by atoms with E-state index in [1.807, 2.05) is 77.1 Å². The van der Waals surface area contributed by atoms with Gasteiger partial charge in [-0.1, -0.05) is 82.1 Å². The Bertz CT molecular complexity index is 2270. The van der Waals surface area contributed by atoms with Gasteiger partial charge in [0.2, 0.25) is 0 Å². The van der Waals surface area contributed by atoms with Crippen molar-refractivity contribution < 1.29 is 20.4 Å². The molecule has 0 aliphatic heterocycles. The average Bonchev–Trinajstić information content (AvgIpc) is 3.15. The van der Waals surface area contributed by atoms with E-state index in [0.29, 0.717) is 16.9 Å². The molecule has 2 unspecified atom stereocenters. The van der Waals surface area contributed by atoms with E-state index in [1.165, 1.54) is 11.1 Å². The van der Waals surface area contributed by atoms with E-state index in [9.17, 15) is 20.4 Å². The zero-order valence-electron chi connectivity index (χ0n) is 33.0. The third-order valence-electron chi connectivity index (χ3n) is 11.1. The molecule has 54 heavy (non-hydrogen) atoms. The molecule has 6 aromatic carbocycles. The fraction of sp³-hybridized carbons (Fsp3) is 0.280. The standard InChI is InChI=1S/C50H54O4/c1-9-11-35-13-17-37(18-14-35)34(8)43-26-40(23-31(5)48(43)52)42-25-33(7)50(54)45(28-42)46(38-19-15-36(12-10-2)16-20-38)44-27-41(24-32(6)49(44)53)39-21-29(3)47(51)30(4)22-39/h13-28,34,46,51-54H,9-12H2,1-8H3. The molecule has 4 nitrogen and oxygen atoms in total. The lowest BCUT2D eigenvalue weighted by molar-refractivity contribution is 0.454. The second kappa shape index (κ2) is 15.9. The summed E-state index contributed by atoms with van der Waals surface area (Å²) in [7, 11) is 0. The Morgan fingerprint density at radius 2 is 0.722 bits per heavy atom. The molecular formula is C50H54O4. The van der Waals surface area contributed by atoms with Crippen LogP contribution in [0.25, 0.3) is 22.3 Å². The zero-order valence-corrected chi connectivity index (χ0v) is 33.0. The monoisotopic (exact) mass is 718 g/mol. The molecule has 0 bridgehead atoms. The van der Waals surface area contributed by atoms with Crippen molar-refractivity contribution in [2.45, 2.75) is 92.9 Å². The minimum absolute atomic E-state index is 0.0405. The van der Waals surface area contributed by atoms with Gasteiger partial charge in [-0.15, -0.1) is 0 Å². The topological polar surface area (TPSA) is 80.9 Å². The fourth-order valence-corrected chi connectivity index (χ4v) is 7.95. The van der Waals surface area contributed by atoms with E-state index in [2.05, 4.69) is 75.4 Å². The number of phenolic OH excluding ortho intramolecular Hbond substituents is 4. The molecular weight excluding hydrogens is 665 g/mol. The number of rotatable bonds is 11. The van der Waals surface area contributed by atoms with Gasteiger partial charge < -0.3 is 20.4 Å². The third-order valence-corrected chi connectivity index (χ3v) is 11.1. The average molecular weight is 719 g/mol. The molecule has 4 heteroatoms. The first-order valence-electron chi connectivity index (χ1n) is 19.3. The van der Waals surface area contributed by atoms with Gasteiger partial charge in [-0.05, 0) is 168 Å². The second-order valence-electron chi connectivity index (χ2n) is 15.3. The number of hydrogen-bond donors (Lipinski definition) is 4. The predicted molar refractivity (Wildman–Crippen MR) is 223 cm³/mol. The van der Waals surface area contributed by atoms with Crippen LogP contribution >= 0.6 is 0 Å². The molecule has 0 amide bonds. The first-order valence-corrected chi connectivity index (χ1v) is 19.3. The maximum absolute atomic E-state index is 12.0. The van der Waals surface area contributed by atoms with E-state index < -0.39 is 5.92 Å². The summed E-state index contributed by atoms with van der Waals surface area (Å²) in [6.45, 7) is 16.0. The summed E-state index contributed by atoms with van der Waals surface area (Å²) >= 11 is 0. The van der Waals surface area contributed by atoms with E-state index in [0.717, 1.165) is 92.4 Å². The summed E-state index contributed by atoms with van der Waals surface area (Å²) in [5.41, 5.74) is 14.4. The normalized spacial score (nSPS) is 12.5. The van der Waals surface area contributed by atoms with E-state index in [-0.39, 0.29) is 23.2 Å². The van der Waals surface area contributed by atoms with Gasteiger partial charge in [0.25, 0.3) is 0 Å². The highest BCUT2D eigenvalue weighted by molar-refractivity contribution is 5.75. The smallest absolute Gasteiger partial charge is 0.122 e. The number of aryl methyl sites for hydroxylation is 7. The van der Waals surface area contributed by atoms with Gasteiger partial charge in [0.1, 0.15) is 23.0 Å². The summed E-state index contributed by atoms with van der Waals surface area (Å²) in [6, 6.07) is 33.3. The number of benzene rings is 6. The quantitative estimate of drug-likeness (QED) is 0.101. The molecule has 0 spiro atoms. The first-order chi connectivity index (χ1) is 25.8. The Morgan fingerprint density at radius 3 is 1.11 bits per heavy atom. The number of aromatic hydroxyl groups is 4. The molecule has 0 heterocycles. The van der Waals surface area contributed by atoms with Gasteiger partial charge in [0, 0.05) is 28.5 Å². The lowest BCUT2D eigenvalue weighted by Gasteiger charge is -2.25. The van der Waals surface area contributed by atoms with Crippen LogP contribution in [0.4, 0.5) is 0 Å². The predicted octanol–water partition coefficient (Wildman–Crippen LogP) is 12.6. The van der Waals surface area contributed by atoms with Crippen LogP contribution in [-0.2, 0) is 12.8 Å². The third kappa shape index (κ3) is 7.61. The highest BCUT2D eigenvalue weighted by Gasteiger charge is 2.27. The van der Waals surface area contributed by atoms with Crippen molar-refractivity contribution in [1.29, 1.82) is 0 Å². The highest BCUT2D eigenvalue weighted by Crippen LogP contribution is 2.47.